The predicted octanol–water partition coefficient (Wildman–Crippen LogP) is 3.99. The highest BCUT2D eigenvalue weighted by molar-refractivity contribution is 5.64. The molecule has 0 unspecified atom stereocenters. The second-order valence-electron chi connectivity index (χ2n) is 4.39. The van der Waals surface area contributed by atoms with Gasteiger partial charge in [0, 0.05) is 6.54 Å². The maximum absolute atomic E-state index is 13.2. The summed E-state index contributed by atoms with van der Waals surface area (Å²) in [6.07, 6.45) is 1.13. The Morgan fingerprint density at radius 3 is 2.44 bits per heavy atom. The van der Waals surface area contributed by atoms with Gasteiger partial charge in [0.15, 0.2) is 0 Å². The second kappa shape index (κ2) is 6.31. The van der Waals surface area contributed by atoms with Crippen molar-refractivity contribution in [2.24, 2.45) is 0 Å². The fourth-order valence-electron chi connectivity index (χ4n) is 1.94. The summed E-state index contributed by atoms with van der Waals surface area (Å²) in [6, 6.07) is 14.9. The van der Waals surface area contributed by atoms with Crippen LogP contribution in [0, 0.1) is 5.82 Å². The summed E-state index contributed by atoms with van der Waals surface area (Å²) in [4.78, 5) is 0. The van der Waals surface area contributed by atoms with Gasteiger partial charge in [-0.15, -0.1) is 0 Å². The third-order valence-electron chi connectivity index (χ3n) is 2.84. The van der Waals surface area contributed by atoms with E-state index >= 15 is 0 Å². The Morgan fingerprint density at radius 2 is 1.72 bits per heavy atom. The van der Waals surface area contributed by atoms with Crippen molar-refractivity contribution < 1.29 is 4.39 Å². The Bertz CT molecular complexity index is 508. The highest BCUT2D eigenvalue weighted by Crippen LogP contribution is 2.21. The van der Waals surface area contributed by atoms with Gasteiger partial charge in [0.25, 0.3) is 0 Å². The van der Waals surface area contributed by atoms with E-state index in [0.29, 0.717) is 0 Å². The lowest BCUT2D eigenvalue weighted by Gasteiger charge is -2.07. The van der Waals surface area contributed by atoms with Crippen molar-refractivity contribution in [1.82, 2.24) is 5.32 Å². The second-order valence-corrected chi connectivity index (χ2v) is 4.39. The Labute approximate surface area is 108 Å². The molecule has 0 aromatic heterocycles. The molecule has 0 spiro atoms. The molecule has 0 aliphatic carbocycles. The van der Waals surface area contributed by atoms with E-state index in [1.54, 1.807) is 12.1 Å². The topological polar surface area (TPSA) is 12.0 Å². The predicted molar refractivity (Wildman–Crippen MR) is 73.8 cm³/mol. The molecule has 0 fully saturated rings. The molecule has 0 saturated heterocycles. The molecular formula is C16H18FN. The zero-order valence-corrected chi connectivity index (χ0v) is 10.6. The number of halogens is 1. The summed E-state index contributed by atoms with van der Waals surface area (Å²) >= 11 is 0. The summed E-state index contributed by atoms with van der Waals surface area (Å²) in [5, 5.41) is 3.37. The third kappa shape index (κ3) is 3.41. The summed E-state index contributed by atoms with van der Waals surface area (Å²) < 4.78 is 13.2. The van der Waals surface area contributed by atoms with Crippen LogP contribution in [0.1, 0.15) is 18.9 Å². The summed E-state index contributed by atoms with van der Waals surface area (Å²) in [5.74, 6) is -0.193. The van der Waals surface area contributed by atoms with Crippen molar-refractivity contribution in [3.8, 4) is 11.1 Å². The van der Waals surface area contributed by atoms with Gasteiger partial charge in [-0.3, -0.25) is 0 Å². The van der Waals surface area contributed by atoms with Crippen LogP contribution < -0.4 is 5.32 Å². The van der Waals surface area contributed by atoms with Crippen LogP contribution in [0.5, 0.6) is 0 Å². The zero-order chi connectivity index (χ0) is 12.8. The number of hydrogen-bond acceptors (Lipinski definition) is 1. The molecule has 2 aromatic carbocycles. The molecular weight excluding hydrogens is 225 g/mol. The molecule has 0 radical (unpaired) electrons. The van der Waals surface area contributed by atoms with Gasteiger partial charge in [-0.1, -0.05) is 37.3 Å². The number of nitrogens with one attached hydrogen (secondary N) is 1. The van der Waals surface area contributed by atoms with Crippen LogP contribution in [-0.2, 0) is 6.54 Å². The molecule has 0 atom stereocenters. The molecule has 1 N–H and O–H groups in total. The minimum absolute atomic E-state index is 0.193. The van der Waals surface area contributed by atoms with Crippen molar-refractivity contribution in [2.45, 2.75) is 19.9 Å². The molecule has 0 aliphatic heterocycles. The molecule has 0 aliphatic rings. The van der Waals surface area contributed by atoms with E-state index in [9.17, 15) is 4.39 Å². The molecule has 1 nitrogen and oxygen atoms in total. The van der Waals surface area contributed by atoms with E-state index in [4.69, 9.17) is 0 Å². The largest absolute Gasteiger partial charge is 0.313 e. The van der Waals surface area contributed by atoms with Gasteiger partial charge in [0.2, 0.25) is 0 Å². The number of hydrogen-bond donors (Lipinski definition) is 1. The van der Waals surface area contributed by atoms with Gasteiger partial charge in [-0.2, -0.15) is 0 Å². The standard InChI is InChI=1S/C16H18FN/c1-2-9-18-12-13-5-3-6-14(10-13)15-7-4-8-16(17)11-15/h3-8,10-11,18H,2,9,12H2,1H3. The summed E-state index contributed by atoms with van der Waals surface area (Å²) in [7, 11) is 0. The summed E-state index contributed by atoms with van der Waals surface area (Å²) in [5.41, 5.74) is 3.21. The van der Waals surface area contributed by atoms with Crippen LogP contribution in [0.2, 0.25) is 0 Å². The highest BCUT2D eigenvalue weighted by atomic mass is 19.1. The first-order valence-electron chi connectivity index (χ1n) is 6.35. The van der Waals surface area contributed by atoms with Crippen molar-refractivity contribution in [1.29, 1.82) is 0 Å². The van der Waals surface area contributed by atoms with Crippen LogP contribution >= 0.6 is 0 Å². The minimum Gasteiger partial charge on any atom is -0.313 e. The van der Waals surface area contributed by atoms with Crippen LogP contribution in [0.3, 0.4) is 0 Å². The Hall–Kier alpha value is -1.67. The SMILES string of the molecule is CCCNCc1cccc(-c2cccc(F)c2)c1. The molecule has 2 heteroatoms. The lowest BCUT2D eigenvalue weighted by Crippen LogP contribution is -2.13. The van der Waals surface area contributed by atoms with E-state index in [-0.39, 0.29) is 5.82 Å². The first kappa shape index (κ1) is 12.8. The van der Waals surface area contributed by atoms with Gasteiger partial charge in [0.05, 0.1) is 0 Å². The van der Waals surface area contributed by atoms with Crippen LogP contribution in [0.4, 0.5) is 4.39 Å². The normalized spacial score (nSPS) is 10.6. The van der Waals surface area contributed by atoms with Gasteiger partial charge in [-0.05, 0) is 47.9 Å². The number of rotatable bonds is 5. The smallest absolute Gasteiger partial charge is 0.123 e. The molecule has 0 saturated carbocycles. The molecule has 0 heterocycles. The summed E-state index contributed by atoms with van der Waals surface area (Å²) in [6.45, 7) is 4.03. The van der Waals surface area contributed by atoms with Gasteiger partial charge in [0.1, 0.15) is 5.82 Å². The molecule has 2 aromatic rings. The zero-order valence-electron chi connectivity index (χ0n) is 10.6. The van der Waals surface area contributed by atoms with E-state index in [2.05, 4.69) is 24.4 Å². The number of benzene rings is 2. The molecule has 0 bridgehead atoms. The average molecular weight is 243 g/mol. The van der Waals surface area contributed by atoms with Gasteiger partial charge >= 0.3 is 0 Å². The third-order valence-corrected chi connectivity index (χ3v) is 2.84. The molecule has 0 amide bonds. The maximum atomic E-state index is 13.2. The van der Waals surface area contributed by atoms with Crippen molar-refractivity contribution in [2.75, 3.05) is 6.54 Å². The van der Waals surface area contributed by atoms with E-state index < -0.39 is 0 Å². The Balaban J connectivity index is 2.16. The van der Waals surface area contributed by atoms with Crippen molar-refractivity contribution >= 4 is 0 Å². The van der Waals surface area contributed by atoms with Crippen LogP contribution in [0.15, 0.2) is 48.5 Å². The molecule has 94 valence electrons. The fraction of sp³-hybridized carbons (Fsp3) is 0.250. The van der Waals surface area contributed by atoms with E-state index in [1.165, 1.54) is 11.6 Å². The van der Waals surface area contributed by atoms with Gasteiger partial charge < -0.3 is 5.32 Å². The van der Waals surface area contributed by atoms with E-state index in [1.807, 2.05) is 18.2 Å². The Kier molecular flexibility index (Phi) is 4.48. The Morgan fingerprint density at radius 1 is 1.00 bits per heavy atom. The first-order valence-corrected chi connectivity index (χ1v) is 6.35. The quantitative estimate of drug-likeness (QED) is 0.783. The maximum Gasteiger partial charge on any atom is 0.123 e. The highest BCUT2D eigenvalue weighted by Gasteiger charge is 2.00. The van der Waals surface area contributed by atoms with Gasteiger partial charge in [-0.25, -0.2) is 4.39 Å². The van der Waals surface area contributed by atoms with Crippen molar-refractivity contribution in [3.63, 3.8) is 0 Å². The van der Waals surface area contributed by atoms with Crippen molar-refractivity contribution in [3.05, 3.63) is 59.9 Å². The first-order chi connectivity index (χ1) is 8.79. The van der Waals surface area contributed by atoms with Crippen LogP contribution in [0.25, 0.3) is 11.1 Å². The molecule has 18 heavy (non-hydrogen) atoms. The average Bonchev–Trinajstić information content (AvgIpc) is 2.39. The fourth-order valence-corrected chi connectivity index (χ4v) is 1.94. The van der Waals surface area contributed by atoms with Crippen LogP contribution in [-0.4, -0.2) is 6.54 Å². The monoisotopic (exact) mass is 243 g/mol. The molecule has 2 rings (SSSR count). The minimum atomic E-state index is -0.193. The lowest BCUT2D eigenvalue weighted by molar-refractivity contribution is 0.628. The van der Waals surface area contributed by atoms with E-state index in [0.717, 1.165) is 30.6 Å². The lowest BCUT2D eigenvalue weighted by atomic mass is 10.0.